The Hall–Kier alpha value is -3.39. The summed E-state index contributed by atoms with van der Waals surface area (Å²) in [4.78, 5) is 17.3. The van der Waals surface area contributed by atoms with Gasteiger partial charge in [0.05, 0.1) is 17.8 Å². The molecule has 0 aliphatic rings. The maximum absolute atomic E-state index is 12.7. The fourth-order valence-corrected chi connectivity index (χ4v) is 3.57. The summed E-state index contributed by atoms with van der Waals surface area (Å²) in [5.41, 5.74) is 3.96. The number of benzene rings is 1. The number of hydrogen-bond acceptors (Lipinski definition) is 7. The van der Waals surface area contributed by atoms with Crippen LogP contribution in [0.1, 0.15) is 18.1 Å². The second-order valence-corrected chi connectivity index (χ2v) is 8.05. The first-order valence-corrected chi connectivity index (χ1v) is 10.3. The van der Waals surface area contributed by atoms with Gasteiger partial charge in [0.1, 0.15) is 5.69 Å². The fourth-order valence-electron chi connectivity index (χ4n) is 2.86. The standard InChI is InChI=1S/C22H20N4O3S/c1-13-7-4-8-16(14(13)2)23-21(27)15(3)30-22-24-19(17-9-5-11-28-17)20(25-26-22)18-10-6-12-29-18/h4-12,15H,1-3H3,(H,23,27). The predicted octanol–water partition coefficient (Wildman–Crippen LogP) is 5.13. The van der Waals surface area contributed by atoms with Crippen molar-refractivity contribution in [1.82, 2.24) is 15.2 Å². The number of anilines is 1. The average molecular weight is 420 g/mol. The van der Waals surface area contributed by atoms with E-state index in [9.17, 15) is 4.79 Å². The molecule has 1 N–H and O–H groups in total. The SMILES string of the molecule is Cc1cccc(NC(=O)C(C)Sc2nnc(-c3ccco3)c(-c3ccco3)n2)c1C. The van der Waals surface area contributed by atoms with Crippen LogP contribution in [-0.4, -0.2) is 26.3 Å². The number of carbonyl (C=O) groups is 1. The largest absolute Gasteiger partial charge is 0.463 e. The van der Waals surface area contributed by atoms with Crippen molar-refractivity contribution in [3.8, 4) is 22.9 Å². The monoisotopic (exact) mass is 420 g/mol. The second-order valence-electron chi connectivity index (χ2n) is 6.74. The molecule has 0 radical (unpaired) electrons. The number of nitrogens with one attached hydrogen (secondary N) is 1. The average Bonchev–Trinajstić information content (AvgIpc) is 3.45. The molecule has 1 amide bonds. The van der Waals surface area contributed by atoms with E-state index in [1.807, 2.05) is 39.0 Å². The summed E-state index contributed by atoms with van der Waals surface area (Å²) in [6.45, 7) is 5.81. The Kier molecular flexibility index (Phi) is 5.67. The molecule has 4 aromatic rings. The first kappa shape index (κ1) is 19.9. The third-order valence-electron chi connectivity index (χ3n) is 4.69. The second kappa shape index (κ2) is 8.54. The lowest BCUT2D eigenvalue weighted by molar-refractivity contribution is -0.115. The molecule has 152 valence electrons. The molecule has 0 saturated heterocycles. The zero-order valence-corrected chi connectivity index (χ0v) is 17.6. The number of aryl methyl sites for hydroxylation is 1. The molecule has 3 heterocycles. The van der Waals surface area contributed by atoms with E-state index in [1.54, 1.807) is 36.8 Å². The Morgan fingerprint density at radius 1 is 0.967 bits per heavy atom. The van der Waals surface area contributed by atoms with Crippen LogP contribution in [0.2, 0.25) is 0 Å². The van der Waals surface area contributed by atoms with E-state index >= 15 is 0 Å². The lowest BCUT2D eigenvalue weighted by Gasteiger charge is -2.14. The van der Waals surface area contributed by atoms with Crippen LogP contribution in [0.5, 0.6) is 0 Å². The van der Waals surface area contributed by atoms with Gasteiger partial charge in [0.25, 0.3) is 0 Å². The molecule has 0 aliphatic carbocycles. The van der Waals surface area contributed by atoms with Crippen LogP contribution in [-0.2, 0) is 4.79 Å². The van der Waals surface area contributed by atoms with Crippen molar-refractivity contribution in [2.75, 3.05) is 5.32 Å². The summed E-state index contributed by atoms with van der Waals surface area (Å²) in [6.07, 6.45) is 3.13. The van der Waals surface area contributed by atoms with Crippen molar-refractivity contribution >= 4 is 23.4 Å². The van der Waals surface area contributed by atoms with E-state index in [-0.39, 0.29) is 5.91 Å². The molecule has 0 fully saturated rings. The first-order valence-electron chi connectivity index (χ1n) is 9.39. The molecule has 0 aliphatic heterocycles. The van der Waals surface area contributed by atoms with Gasteiger partial charge in [0.2, 0.25) is 11.1 Å². The minimum atomic E-state index is -0.425. The summed E-state index contributed by atoms with van der Waals surface area (Å²) >= 11 is 1.23. The zero-order chi connectivity index (χ0) is 21.1. The van der Waals surface area contributed by atoms with Crippen LogP contribution in [0, 0.1) is 13.8 Å². The number of thioether (sulfide) groups is 1. The van der Waals surface area contributed by atoms with E-state index < -0.39 is 5.25 Å². The van der Waals surface area contributed by atoms with Crippen LogP contribution >= 0.6 is 11.8 Å². The molecule has 7 nitrogen and oxygen atoms in total. The molecule has 4 rings (SSSR count). The topological polar surface area (TPSA) is 94.1 Å². The molecule has 30 heavy (non-hydrogen) atoms. The molecular formula is C22H20N4O3S. The number of aromatic nitrogens is 3. The number of nitrogens with zero attached hydrogens (tertiary/aromatic N) is 3. The smallest absolute Gasteiger partial charge is 0.237 e. The van der Waals surface area contributed by atoms with E-state index in [0.717, 1.165) is 16.8 Å². The highest BCUT2D eigenvalue weighted by atomic mass is 32.2. The Morgan fingerprint density at radius 3 is 2.33 bits per heavy atom. The summed E-state index contributed by atoms with van der Waals surface area (Å²) < 4.78 is 11.0. The normalized spacial score (nSPS) is 12.0. The zero-order valence-electron chi connectivity index (χ0n) is 16.7. The molecular weight excluding hydrogens is 400 g/mol. The van der Waals surface area contributed by atoms with Gasteiger partial charge in [-0.1, -0.05) is 23.9 Å². The van der Waals surface area contributed by atoms with Gasteiger partial charge in [-0.2, -0.15) is 0 Å². The number of furan rings is 2. The van der Waals surface area contributed by atoms with E-state index in [1.165, 1.54) is 11.8 Å². The third kappa shape index (κ3) is 4.13. The van der Waals surface area contributed by atoms with Gasteiger partial charge in [-0.25, -0.2) is 4.98 Å². The van der Waals surface area contributed by atoms with Gasteiger partial charge in [-0.05, 0) is 62.2 Å². The minimum absolute atomic E-state index is 0.132. The molecule has 3 aromatic heterocycles. The summed E-state index contributed by atoms with van der Waals surface area (Å²) in [5.74, 6) is 0.955. The highest BCUT2D eigenvalue weighted by molar-refractivity contribution is 8.00. The van der Waals surface area contributed by atoms with Gasteiger partial charge in [0.15, 0.2) is 17.2 Å². The molecule has 1 unspecified atom stereocenters. The van der Waals surface area contributed by atoms with Crippen molar-refractivity contribution in [2.45, 2.75) is 31.2 Å². The van der Waals surface area contributed by atoms with Crippen molar-refractivity contribution in [1.29, 1.82) is 0 Å². The first-order chi connectivity index (χ1) is 14.5. The van der Waals surface area contributed by atoms with Gasteiger partial charge in [0, 0.05) is 5.69 Å². The van der Waals surface area contributed by atoms with Crippen molar-refractivity contribution < 1.29 is 13.6 Å². The Balaban J connectivity index is 1.56. The minimum Gasteiger partial charge on any atom is -0.463 e. The van der Waals surface area contributed by atoms with Gasteiger partial charge in [-0.3, -0.25) is 4.79 Å². The molecule has 8 heteroatoms. The Labute approximate surface area is 177 Å². The predicted molar refractivity (Wildman–Crippen MR) is 115 cm³/mol. The van der Waals surface area contributed by atoms with Crippen molar-refractivity contribution in [3.05, 3.63) is 66.1 Å². The molecule has 1 aromatic carbocycles. The molecule has 1 atom stereocenters. The van der Waals surface area contributed by atoms with Crippen LogP contribution in [0.15, 0.2) is 69.0 Å². The molecule has 0 bridgehead atoms. The molecule has 0 saturated carbocycles. The Bertz CT molecular complexity index is 1160. The summed E-state index contributed by atoms with van der Waals surface area (Å²) in [5, 5.41) is 11.4. The summed E-state index contributed by atoms with van der Waals surface area (Å²) in [6, 6.07) is 12.9. The van der Waals surface area contributed by atoms with Gasteiger partial charge >= 0.3 is 0 Å². The third-order valence-corrected chi connectivity index (χ3v) is 5.64. The van der Waals surface area contributed by atoms with Crippen LogP contribution in [0.4, 0.5) is 5.69 Å². The van der Waals surface area contributed by atoms with E-state index in [2.05, 4.69) is 20.5 Å². The van der Waals surface area contributed by atoms with E-state index in [4.69, 9.17) is 8.83 Å². The van der Waals surface area contributed by atoms with Crippen molar-refractivity contribution in [3.63, 3.8) is 0 Å². The number of hydrogen-bond donors (Lipinski definition) is 1. The molecule has 0 spiro atoms. The quantitative estimate of drug-likeness (QED) is 0.432. The van der Waals surface area contributed by atoms with Gasteiger partial charge < -0.3 is 14.2 Å². The lowest BCUT2D eigenvalue weighted by atomic mass is 10.1. The number of carbonyl (C=O) groups excluding carboxylic acids is 1. The van der Waals surface area contributed by atoms with Crippen molar-refractivity contribution in [2.24, 2.45) is 0 Å². The van der Waals surface area contributed by atoms with Crippen LogP contribution in [0.25, 0.3) is 22.9 Å². The maximum atomic E-state index is 12.7. The maximum Gasteiger partial charge on any atom is 0.237 e. The van der Waals surface area contributed by atoms with E-state index in [0.29, 0.717) is 28.1 Å². The Morgan fingerprint density at radius 2 is 1.67 bits per heavy atom. The summed E-state index contributed by atoms with van der Waals surface area (Å²) in [7, 11) is 0. The lowest BCUT2D eigenvalue weighted by Crippen LogP contribution is -2.23. The van der Waals surface area contributed by atoms with Crippen LogP contribution in [0.3, 0.4) is 0 Å². The van der Waals surface area contributed by atoms with Crippen LogP contribution < -0.4 is 5.32 Å². The number of amides is 1. The highest BCUT2D eigenvalue weighted by Crippen LogP contribution is 2.31. The fraction of sp³-hybridized carbons (Fsp3) is 0.182. The van der Waals surface area contributed by atoms with Gasteiger partial charge in [-0.15, -0.1) is 10.2 Å². The highest BCUT2D eigenvalue weighted by Gasteiger charge is 2.21. The number of rotatable bonds is 6.